The molecule has 0 bridgehead atoms. The molecule has 1 aromatic heterocycles. The minimum absolute atomic E-state index is 0.399. The molecule has 1 atom stereocenters. The number of benzene rings is 1. The Morgan fingerprint density at radius 1 is 1.26 bits per heavy atom. The van der Waals surface area contributed by atoms with E-state index in [-0.39, 0.29) is 0 Å². The smallest absolute Gasteiger partial charge is 0.268 e. The summed E-state index contributed by atoms with van der Waals surface area (Å²) in [4.78, 5) is 15.6. The molecule has 3 rings (SSSR count). The molecule has 27 heavy (non-hydrogen) atoms. The van der Waals surface area contributed by atoms with E-state index in [1.807, 2.05) is 6.20 Å². The van der Waals surface area contributed by atoms with Crippen LogP contribution in [0, 0.1) is 19.8 Å². The number of nitrogens with zero attached hydrogens (tertiary/aromatic N) is 2. The molecule has 0 radical (unpaired) electrons. The number of fused-ring (bicyclic) bond motifs is 1. The molecule has 1 aliphatic heterocycles. The van der Waals surface area contributed by atoms with E-state index in [4.69, 9.17) is 10.5 Å². The Morgan fingerprint density at radius 2 is 2.00 bits per heavy atom. The number of aryl methyl sites for hydroxylation is 4. The third-order valence-electron chi connectivity index (χ3n) is 5.64. The summed E-state index contributed by atoms with van der Waals surface area (Å²) in [6.45, 7) is 5.20. The number of unbranched alkanes of at least 4 members (excludes halogenated alkanes) is 2. The zero-order chi connectivity index (χ0) is 19.4. The number of carbonyl (C=O) groups excluding carboxylic acids is 1. The average Bonchev–Trinajstić information content (AvgIpc) is 3.05. The predicted molar refractivity (Wildman–Crippen MR) is 107 cm³/mol. The number of primary amides is 1. The van der Waals surface area contributed by atoms with Gasteiger partial charge in [-0.1, -0.05) is 25.0 Å². The minimum atomic E-state index is -0.433. The van der Waals surface area contributed by atoms with Crippen LogP contribution in [0.15, 0.2) is 18.3 Å². The van der Waals surface area contributed by atoms with Crippen molar-refractivity contribution in [1.82, 2.24) is 9.55 Å². The van der Waals surface area contributed by atoms with Crippen LogP contribution < -0.4 is 10.5 Å². The summed E-state index contributed by atoms with van der Waals surface area (Å²) in [5, 5.41) is 0. The standard InChI is InChI=1S/C22H31N3O2/c1-15-11-18(12-16(2)21(15)27-3)8-6-4-5-7-17-9-10-20-24-19(22(23)26)14-25(20)13-17/h11-12,14,17H,4-10,13H2,1-3H3,(H2,23,26). The van der Waals surface area contributed by atoms with E-state index >= 15 is 0 Å². The Kier molecular flexibility index (Phi) is 6.19. The van der Waals surface area contributed by atoms with Gasteiger partial charge in [0.05, 0.1) is 7.11 Å². The Balaban J connectivity index is 1.41. The van der Waals surface area contributed by atoms with Gasteiger partial charge in [-0.3, -0.25) is 4.79 Å². The van der Waals surface area contributed by atoms with Crippen molar-refractivity contribution in [2.75, 3.05) is 7.11 Å². The number of amides is 1. The van der Waals surface area contributed by atoms with Crippen molar-refractivity contribution in [2.45, 2.75) is 65.3 Å². The molecule has 1 amide bonds. The van der Waals surface area contributed by atoms with Crippen molar-refractivity contribution >= 4 is 5.91 Å². The number of nitrogens with two attached hydrogens (primary N) is 1. The van der Waals surface area contributed by atoms with E-state index in [9.17, 15) is 4.79 Å². The molecule has 0 aliphatic carbocycles. The number of hydrogen-bond acceptors (Lipinski definition) is 3. The highest BCUT2D eigenvalue weighted by Crippen LogP contribution is 2.27. The predicted octanol–water partition coefficient (Wildman–Crippen LogP) is 3.97. The molecule has 2 aromatic rings. The number of imidazole rings is 1. The molecule has 0 spiro atoms. The fourth-order valence-corrected chi connectivity index (χ4v) is 4.31. The fraction of sp³-hybridized carbons (Fsp3) is 0.545. The molecular weight excluding hydrogens is 338 g/mol. The van der Waals surface area contributed by atoms with E-state index in [0.717, 1.165) is 37.4 Å². The molecule has 5 heteroatoms. The second kappa shape index (κ2) is 8.59. The third kappa shape index (κ3) is 4.71. The highest BCUT2D eigenvalue weighted by atomic mass is 16.5. The van der Waals surface area contributed by atoms with E-state index in [0.29, 0.717) is 11.6 Å². The molecule has 146 valence electrons. The Morgan fingerprint density at radius 3 is 2.67 bits per heavy atom. The van der Waals surface area contributed by atoms with Crippen molar-refractivity contribution in [3.63, 3.8) is 0 Å². The highest BCUT2D eigenvalue weighted by Gasteiger charge is 2.21. The molecule has 0 saturated heterocycles. The van der Waals surface area contributed by atoms with Crippen LogP contribution in [0.2, 0.25) is 0 Å². The van der Waals surface area contributed by atoms with Gasteiger partial charge in [0, 0.05) is 19.2 Å². The van der Waals surface area contributed by atoms with Crippen LogP contribution in [-0.2, 0) is 19.4 Å². The maximum atomic E-state index is 11.3. The maximum absolute atomic E-state index is 11.3. The van der Waals surface area contributed by atoms with Gasteiger partial charge in [0.15, 0.2) is 0 Å². The van der Waals surface area contributed by atoms with Crippen LogP contribution in [0.4, 0.5) is 0 Å². The van der Waals surface area contributed by atoms with E-state index in [2.05, 4.69) is 35.5 Å². The van der Waals surface area contributed by atoms with Gasteiger partial charge in [0.25, 0.3) is 5.91 Å². The number of rotatable bonds is 8. The highest BCUT2D eigenvalue weighted by molar-refractivity contribution is 5.90. The fourth-order valence-electron chi connectivity index (χ4n) is 4.31. The Bertz CT molecular complexity index is 787. The van der Waals surface area contributed by atoms with Crippen molar-refractivity contribution in [1.29, 1.82) is 0 Å². The summed E-state index contributed by atoms with van der Waals surface area (Å²) in [6.07, 6.45) is 10.0. The van der Waals surface area contributed by atoms with Crippen LogP contribution in [0.5, 0.6) is 5.75 Å². The van der Waals surface area contributed by atoms with Gasteiger partial charge < -0.3 is 15.0 Å². The lowest BCUT2D eigenvalue weighted by atomic mass is 9.93. The van der Waals surface area contributed by atoms with Crippen molar-refractivity contribution in [2.24, 2.45) is 11.7 Å². The maximum Gasteiger partial charge on any atom is 0.268 e. The third-order valence-corrected chi connectivity index (χ3v) is 5.64. The van der Waals surface area contributed by atoms with Crippen molar-refractivity contribution in [3.8, 4) is 5.75 Å². The zero-order valence-corrected chi connectivity index (χ0v) is 16.8. The second-order valence-electron chi connectivity index (χ2n) is 7.83. The largest absolute Gasteiger partial charge is 0.496 e. The lowest BCUT2D eigenvalue weighted by Crippen LogP contribution is -2.19. The Hall–Kier alpha value is -2.30. The normalized spacial score (nSPS) is 16.2. The monoisotopic (exact) mass is 369 g/mol. The summed E-state index contributed by atoms with van der Waals surface area (Å²) >= 11 is 0. The second-order valence-corrected chi connectivity index (χ2v) is 7.83. The Labute approximate surface area is 161 Å². The molecule has 2 N–H and O–H groups in total. The van der Waals surface area contributed by atoms with Gasteiger partial charge in [0.2, 0.25) is 0 Å². The molecule has 1 aliphatic rings. The SMILES string of the molecule is COc1c(C)cc(CCCCCC2CCc3nc(C(N)=O)cn3C2)cc1C. The number of methoxy groups -OCH3 is 1. The lowest BCUT2D eigenvalue weighted by Gasteiger charge is -2.23. The summed E-state index contributed by atoms with van der Waals surface area (Å²) in [7, 11) is 1.74. The summed E-state index contributed by atoms with van der Waals surface area (Å²) in [6, 6.07) is 4.51. The summed E-state index contributed by atoms with van der Waals surface area (Å²) in [5.41, 5.74) is 9.59. The first kappa shape index (κ1) is 19.5. The van der Waals surface area contributed by atoms with E-state index in [1.165, 1.54) is 42.4 Å². The van der Waals surface area contributed by atoms with Gasteiger partial charge in [-0.2, -0.15) is 0 Å². The number of hydrogen-bond donors (Lipinski definition) is 1. The van der Waals surface area contributed by atoms with Gasteiger partial charge in [-0.05, 0) is 62.1 Å². The summed E-state index contributed by atoms with van der Waals surface area (Å²) in [5.74, 6) is 2.26. The van der Waals surface area contributed by atoms with Crippen molar-refractivity contribution < 1.29 is 9.53 Å². The quantitative estimate of drug-likeness (QED) is 0.716. The molecule has 5 nitrogen and oxygen atoms in total. The first-order chi connectivity index (χ1) is 13.0. The van der Waals surface area contributed by atoms with Crippen molar-refractivity contribution in [3.05, 3.63) is 46.5 Å². The van der Waals surface area contributed by atoms with Crippen LogP contribution in [0.1, 0.15) is 65.1 Å². The molecule has 1 aromatic carbocycles. The minimum Gasteiger partial charge on any atom is -0.496 e. The summed E-state index contributed by atoms with van der Waals surface area (Å²) < 4.78 is 7.57. The average molecular weight is 370 g/mol. The van der Waals surface area contributed by atoms with Gasteiger partial charge in [-0.25, -0.2) is 4.98 Å². The number of ether oxygens (including phenoxy) is 1. The van der Waals surface area contributed by atoms with E-state index in [1.54, 1.807) is 7.11 Å². The van der Waals surface area contributed by atoms with Gasteiger partial charge in [0.1, 0.15) is 17.3 Å². The first-order valence-corrected chi connectivity index (χ1v) is 9.98. The van der Waals surface area contributed by atoms with Gasteiger partial charge >= 0.3 is 0 Å². The molecule has 0 saturated carbocycles. The van der Waals surface area contributed by atoms with E-state index < -0.39 is 5.91 Å². The lowest BCUT2D eigenvalue weighted by molar-refractivity contribution is 0.0996. The topological polar surface area (TPSA) is 70.1 Å². The molecule has 0 fully saturated rings. The number of carbonyl (C=O) groups is 1. The molecule has 2 heterocycles. The zero-order valence-electron chi connectivity index (χ0n) is 16.8. The van der Waals surface area contributed by atoms with Crippen LogP contribution >= 0.6 is 0 Å². The van der Waals surface area contributed by atoms with Crippen LogP contribution in [-0.4, -0.2) is 22.6 Å². The molecular formula is C22H31N3O2. The molecule has 1 unspecified atom stereocenters. The van der Waals surface area contributed by atoms with Gasteiger partial charge in [-0.15, -0.1) is 0 Å². The first-order valence-electron chi connectivity index (χ1n) is 9.98. The van der Waals surface area contributed by atoms with Crippen LogP contribution in [0.25, 0.3) is 0 Å². The number of aromatic nitrogens is 2. The van der Waals surface area contributed by atoms with Crippen LogP contribution in [0.3, 0.4) is 0 Å².